The Morgan fingerprint density at radius 1 is 1.18 bits per heavy atom. The second kappa shape index (κ2) is 8.66. The molecule has 0 unspecified atom stereocenters. The smallest absolute Gasteiger partial charge is 0.293 e. The number of phenolic OH excluding ortho intramolecular Hbond substituents is 1. The number of amides is 2. The number of carbonyl (C=O) groups excluding carboxylic acids is 2. The fourth-order valence-electron chi connectivity index (χ4n) is 2.51. The summed E-state index contributed by atoms with van der Waals surface area (Å²) in [6, 6.07) is 8.79. The van der Waals surface area contributed by atoms with E-state index in [-0.39, 0.29) is 44.4 Å². The molecule has 1 saturated heterocycles. The van der Waals surface area contributed by atoms with Crippen LogP contribution < -0.4 is 4.74 Å². The average Bonchev–Trinajstić information content (AvgIpc) is 2.91. The van der Waals surface area contributed by atoms with Crippen LogP contribution in [0, 0.1) is 6.92 Å². The molecule has 146 valence electrons. The second-order valence-electron chi connectivity index (χ2n) is 5.91. The summed E-state index contributed by atoms with van der Waals surface area (Å²) in [5.41, 5.74) is 1.26. The molecule has 2 aromatic rings. The molecule has 0 aromatic heterocycles. The van der Waals surface area contributed by atoms with Gasteiger partial charge in [0.25, 0.3) is 11.1 Å². The van der Waals surface area contributed by atoms with Crippen molar-refractivity contribution in [1.82, 2.24) is 4.90 Å². The molecule has 2 aromatic carbocycles. The van der Waals surface area contributed by atoms with Gasteiger partial charge in [-0.25, -0.2) is 0 Å². The number of imide groups is 1. The van der Waals surface area contributed by atoms with Crippen molar-refractivity contribution in [3.8, 4) is 11.5 Å². The van der Waals surface area contributed by atoms with Crippen LogP contribution in [0.25, 0.3) is 6.08 Å². The van der Waals surface area contributed by atoms with Crippen molar-refractivity contribution < 1.29 is 19.4 Å². The van der Waals surface area contributed by atoms with Crippen LogP contribution in [0.3, 0.4) is 0 Å². The molecule has 0 radical (unpaired) electrons. The first kappa shape index (κ1) is 20.9. The summed E-state index contributed by atoms with van der Waals surface area (Å²) in [7, 11) is 0. The number of benzene rings is 2. The van der Waals surface area contributed by atoms with Crippen LogP contribution >= 0.6 is 46.6 Å². The van der Waals surface area contributed by atoms with Crippen LogP contribution in [0.15, 0.2) is 35.2 Å². The van der Waals surface area contributed by atoms with Crippen molar-refractivity contribution in [3.63, 3.8) is 0 Å². The molecule has 3 rings (SSSR count). The number of nitrogens with zero attached hydrogens (tertiary/aromatic N) is 1. The first-order valence-electron chi connectivity index (χ1n) is 8.09. The van der Waals surface area contributed by atoms with Gasteiger partial charge < -0.3 is 9.84 Å². The van der Waals surface area contributed by atoms with Gasteiger partial charge in [0.1, 0.15) is 12.4 Å². The van der Waals surface area contributed by atoms with Crippen molar-refractivity contribution in [2.45, 2.75) is 6.92 Å². The maximum absolute atomic E-state index is 12.6. The van der Waals surface area contributed by atoms with Crippen LogP contribution in [0.5, 0.6) is 11.5 Å². The first-order chi connectivity index (χ1) is 13.3. The lowest BCUT2D eigenvalue weighted by Crippen LogP contribution is -2.32. The second-order valence-corrected chi connectivity index (χ2v) is 8.10. The van der Waals surface area contributed by atoms with Crippen molar-refractivity contribution >= 4 is 63.8 Å². The monoisotopic (exact) mass is 457 g/mol. The zero-order valence-electron chi connectivity index (χ0n) is 14.5. The van der Waals surface area contributed by atoms with E-state index in [1.807, 2.05) is 25.1 Å². The zero-order valence-corrected chi connectivity index (χ0v) is 17.6. The van der Waals surface area contributed by atoms with E-state index < -0.39 is 11.1 Å². The molecule has 1 aliphatic rings. The Kier molecular flexibility index (Phi) is 6.45. The van der Waals surface area contributed by atoms with Gasteiger partial charge in [0, 0.05) is 5.56 Å². The lowest BCUT2D eigenvalue weighted by Gasteiger charge is -2.13. The molecule has 0 saturated carbocycles. The zero-order chi connectivity index (χ0) is 20.4. The van der Waals surface area contributed by atoms with E-state index >= 15 is 0 Å². The minimum absolute atomic E-state index is 0.00597. The molecule has 9 heteroatoms. The highest BCUT2D eigenvalue weighted by molar-refractivity contribution is 8.18. The van der Waals surface area contributed by atoms with Crippen molar-refractivity contribution in [2.24, 2.45) is 0 Å². The van der Waals surface area contributed by atoms with E-state index in [9.17, 15) is 14.7 Å². The number of phenols is 1. The van der Waals surface area contributed by atoms with Crippen LogP contribution in [0.2, 0.25) is 15.1 Å². The molecule has 1 aliphatic heterocycles. The van der Waals surface area contributed by atoms with Gasteiger partial charge in [0.15, 0.2) is 5.75 Å². The highest BCUT2D eigenvalue weighted by Crippen LogP contribution is 2.42. The highest BCUT2D eigenvalue weighted by Gasteiger charge is 2.35. The first-order valence-corrected chi connectivity index (χ1v) is 10.0. The minimum Gasteiger partial charge on any atom is -0.505 e. The summed E-state index contributed by atoms with van der Waals surface area (Å²) < 4.78 is 5.60. The normalized spacial score (nSPS) is 15.6. The minimum atomic E-state index is -0.482. The van der Waals surface area contributed by atoms with Crippen molar-refractivity contribution in [2.75, 3.05) is 13.2 Å². The molecular weight excluding hydrogens is 445 g/mol. The van der Waals surface area contributed by atoms with Crippen LogP contribution in [0.4, 0.5) is 4.79 Å². The number of rotatable bonds is 5. The van der Waals surface area contributed by atoms with E-state index in [0.29, 0.717) is 5.75 Å². The summed E-state index contributed by atoms with van der Waals surface area (Å²) in [5, 5.41) is 9.50. The van der Waals surface area contributed by atoms with Gasteiger partial charge in [-0.05, 0) is 48.5 Å². The summed E-state index contributed by atoms with van der Waals surface area (Å²) in [6.07, 6.45) is 1.37. The van der Waals surface area contributed by atoms with Crippen molar-refractivity contribution in [3.05, 3.63) is 61.4 Å². The predicted octanol–water partition coefficient (Wildman–Crippen LogP) is 5.78. The third-order valence-electron chi connectivity index (χ3n) is 3.90. The molecule has 1 heterocycles. The predicted molar refractivity (Wildman–Crippen MR) is 112 cm³/mol. The molecule has 0 spiro atoms. The Balaban J connectivity index is 1.73. The molecule has 28 heavy (non-hydrogen) atoms. The van der Waals surface area contributed by atoms with E-state index in [4.69, 9.17) is 39.5 Å². The summed E-state index contributed by atoms with van der Waals surface area (Å²) in [4.78, 5) is 26.0. The van der Waals surface area contributed by atoms with Crippen LogP contribution in [-0.4, -0.2) is 34.3 Å². The number of carbonyl (C=O) groups is 2. The molecule has 1 fully saturated rings. The highest BCUT2D eigenvalue weighted by atomic mass is 35.5. The number of aromatic hydroxyl groups is 1. The maximum atomic E-state index is 12.6. The Hall–Kier alpha value is -1.86. The molecular formula is C19H14Cl3NO4S. The van der Waals surface area contributed by atoms with E-state index in [1.54, 1.807) is 6.07 Å². The summed E-state index contributed by atoms with van der Waals surface area (Å²) >= 11 is 18.7. The topological polar surface area (TPSA) is 66.8 Å². The third kappa shape index (κ3) is 4.41. The van der Waals surface area contributed by atoms with E-state index in [2.05, 4.69) is 0 Å². The van der Waals surface area contributed by atoms with Gasteiger partial charge in [-0.15, -0.1) is 0 Å². The number of hydrogen-bond donors (Lipinski definition) is 1. The molecule has 0 aliphatic carbocycles. The summed E-state index contributed by atoms with van der Waals surface area (Å²) in [6.45, 7) is 2.21. The van der Waals surface area contributed by atoms with Crippen LogP contribution in [0.1, 0.15) is 11.1 Å². The molecule has 0 bridgehead atoms. The van der Waals surface area contributed by atoms with Gasteiger partial charge in [0.2, 0.25) is 0 Å². The Morgan fingerprint density at radius 3 is 2.64 bits per heavy atom. The number of thioether (sulfide) groups is 1. The standard InChI is InChI=1S/C19H14Cl3NO4S/c1-10-3-2-4-11(7-10)27-6-5-23-18(25)15(28-19(23)26)8-12-13(20)9-14(21)17(24)16(12)22/h2-4,7-9,24H,5-6H2,1H3/b15-8-. The van der Waals surface area contributed by atoms with Gasteiger partial charge in [-0.1, -0.05) is 46.9 Å². The Bertz CT molecular complexity index is 993. The Labute approximate surface area is 180 Å². The fourth-order valence-corrected chi connectivity index (χ4v) is 4.23. The quantitative estimate of drug-likeness (QED) is 0.576. The van der Waals surface area contributed by atoms with Crippen molar-refractivity contribution in [1.29, 1.82) is 0 Å². The van der Waals surface area contributed by atoms with E-state index in [1.165, 1.54) is 12.1 Å². The Morgan fingerprint density at radius 2 is 1.93 bits per heavy atom. The lowest BCUT2D eigenvalue weighted by molar-refractivity contribution is -0.123. The molecule has 1 N–H and O–H groups in total. The molecule has 0 atom stereocenters. The molecule has 5 nitrogen and oxygen atoms in total. The van der Waals surface area contributed by atoms with Gasteiger partial charge >= 0.3 is 0 Å². The molecule has 2 amide bonds. The summed E-state index contributed by atoms with van der Waals surface area (Å²) in [5.74, 6) is -0.160. The van der Waals surface area contributed by atoms with Gasteiger partial charge in [-0.2, -0.15) is 0 Å². The fraction of sp³-hybridized carbons (Fsp3) is 0.158. The number of aryl methyl sites for hydroxylation is 1. The maximum Gasteiger partial charge on any atom is 0.293 e. The van der Waals surface area contributed by atoms with E-state index in [0.717, 1.165) is 22.2 Å². The lowest BCUT2D eigenvalue weighted by atomic mass is 10.2. The SMILES string of the molecule is Cc1cccc(OCCN2C(=O)S/C(=C\c3c(Cl)cc(Cl)c(O)c3Cl)C2=O)c1. The third-order valence-corrected chi connectivity index (χ3v) is 5.79. The number of halogens is 3. The van der Waals surface area contributed by atoms with Gasteiger partial charge in [-0.3, -0.25) is 14.5 Å². The average molecular weight is 459 g/mol. The number of ether oxygens (including phenoxy) is 1. The van der Waals surface area contributed by atoms with Crippen LogP contribution in [-0.2, 0) is 4.79 Å². The van der Waals surface area contributed by atoms with Gasteiger partial charge in [0.05, 0.1) is 26.5 Å². The largest absolute Gasteiger partial charge is 0.505 e. The number of hydrogen-bond acceptors (Lipinski definition) is 5.